The van der Waals surface area contributed by atoms with E-state index in [1.165, 1.54) is 7.11 Å². The van der Waals surface area contributed by atoms with Crippen LogP contribution in [0.4, 0.5) is 5.69 Å². The van der Waals surface area contributed by atoms with Gasteiger partial charge in [-0.1, -0.05) is 42.8 Å². The Bertz CT molecular complexity index is 848. The van der Waals surface area contributed by atoms with Gasteiger partial charge in [-0.3, -0.25) is 9.52 Å². The fourth-order valence-electron chi connectivity index (χ4n) is 2.38. The second-order valence-corrected chi connectivity index (χ2v) is 7.99. The minimum Gasteiger partial charge on any atom is -0.497 e. The van der Waals surface area contributed by atoms with E-state index >= 15 is 0 Å². The van der Waals surface area contributed by atoms with Crippen LogP contribution in [0.25, 0.3) is 0 Å². The maximum absolute atomic E-state index is 12.3. The molecule has 2 rings (SSSR count). The molecule has 0 fully saturated rings. The zero-order valence-electron chi connectivity index (χ0n) is 15.2. The Morgan fingerprint density at radius 3 is 2.50 bits per heavy atom. The third-order valence-electron chi connectivity index (χ3n) is 3.85. The topological polar surface area (TPSA) is 84.5 Å². The van der Waals surface area contributed by atoms with Crippen LogP contribution in [-0.4, -0.2) is 27.2 Å². The SMILES string of the molecule is COc1cccc(NS(=O)(=O)CC(C)C(=O)NCc2ccc(C)cc2)c1. The van der Waals surface area contributed by atoms with Gasteiger partial charge in [0.05, 0.1) is 24.5 Å². The molecule has 2 N–H and O–H groups in total. The largest absolute Gasteiger partial charge is 0.497 e. The van der Waals surface area contributed by atoms with E-state index in [4.69, 9.17) is 4.74 Å². The number of rotatable bonds is 8. The number of nitrogens with one attached hydrogen (secondary N) is 2. The summed E-state index contributed by atoms with van der Waals surface area (Å²) in [4.78, 5) is 12.2. The minimum absolute atomic E-state index is 0.302. The molecule has 6 nitrogen and oxygen atoms in total. The molecule has 0 heterocycles. The molecule has 2 aromatic carbocycles. The Balaban J connectivity index is 1.90. The minimum atomic E-state index is -3.66. The third-order valence-corrected chi connectivity index (χ3v) is 5.33. The molecule has 1 unspecified atom stereocenters. The Hall–Kier alpha value is -2.54. The van der Waals surface area contributed by atoms with Gasteiger partial charge in [-0.15, -0.1) is 0 Å². The monoisotopic (exact) mass is 376 g/mol. The van der Waals surface area contributed by atoms with Crippen molar-refractivity contribution in [2.24, 2.45) is 5.92 Å². The van der Waals surface area contributed by atoms with Crippen LogP contribution in [0.2, 0.25) is 0 Å². The van der Waals surface area contributed by atoms with Gasteiger partial charge in [0.25, 0.3) is 0 Å². The number of hydrogen-bond donors (Lipinski definition) is 2. The third kappa shape index (κ3) is 6.07. The molecule has 140 valence electrons. The van der Waals surface area contributed by atoms with Crippen molar-refractivity contribution in [2.75, 3.05) is 17.6 Å². The van der Waals surface area contributed by atoms with Crippen molar-refractivity contribution in [3.05, 3.63) is 59.7 Å². The Morgan fingerprint density at radius 2 is 1.85 bits per heavy atom. The fraction of sp³-hybridized carbons (Fsp3) is 0.316. The number of ether oxygens (including phenoxy) is 1. The van der Waals surface area contributed by atoms with Crippen LogP contribution in [0.3, 0.4) is 0 Å². The summed E-state index contributed by atoms with van der Waals surface area (Å²) in [5.41, 5.74) is 2.51. The number of benzene rings is 2. The standard InChI is InChI=1S/C19H24N2O4S/c1-14-7-9-16(10-8-14)12-20-19(22)15(2)13-26(23,24)21-17-5-4-6-18(11-17)25-3/h4-11,15,21H,12-13H2,1-3H3,(H,20,22). The predicted octanol–water partition coefficient (Wildman–Crippen LogP) is 2.70. The molecule has 0 radical (unpaired) electrons. The molecular formula is C19H24N2O4S. The van der Waals surface area contributed by atoms with Crippen molar-refractivity contribution < 1.29 is 17.9 Å². The summed E-state index contributed by atoms with van der Waals surface area (Å²) in [6, 6.07) is 14.4. The first-order chi connectivity index (χ1) is 12.3. The van der Waals surface area contributed by atoms with E-state index in [0.717, 1.165) is 11.1 Å². The maximum Gasteiger partial charge on any atom is 0.233 e. The van der Waals surface area contributed by atoms with Crippen LogP contribution >= 0.6 is 0 Å². The zero-order valence-corrected chi connectivity index (χ0v) is 16.0. The molecule has 1 atom stereocenters. The number of amides is 1. The highest BCUT2D eigenvalue weighted by molar-refractivity contribution is 7.92. The van der Waals surface area contributed by atoms with E-state index in [2.05, 4.69) is 10.0 Å². The lowest BCUT2D eigenvalue weighted by molar-refractivity contribution is -0.124. The molecule has 0 bridgehead atoms. The van der Waals surface area contributed by atoms with Gasteiger partial charge in [0.2, 0.25) is 15.9 Å². The molecule has 0 saturated heterocycles. The molecule has 0 aliphatic rings. The van der Waals surface area contributed by atoms with E-state index in [1.807, 2.05) is 31.2 Å². The molecule has 0 aromatic heterocycles. The number of carbonyl (C=O) groups is 1. The smallest absolute Gasteiger partial charge is 0.233 e. The summed E-state index contributed by atoms with van der Waals surface area (Å²) >= 11 is 0. The van der Waals surface area contributed by atoms with Crippen molar-refractivity contribution in [2.45, 2.75) is 20.4 Å². The lowest BCUT2D eigenvalue weighted by Crippen LogP contribution is -2.34. The first-order valence-electron chi connectivity index (χ1n) is 8.27. The van der Waals surface area contributed by atoms with E-state index in [9.17, 15) is 13.2 Å². The fourth-order valence-corrected chi connectivity index (χ4v) is 3.76. The molecule has 0 saturated carbocycles. The molecule has 26 heavy (non-hydrogen) atoms. The van der Waals surface area contributed by atoms with E-state index < -0.39 is 15.9 Å². The summed E-state index contributed by atoms with van der Waals surface area (Å²) < 4.78 is 32.1. The highest BCUT2D eigenvalue weighted by Crippen LogP contribution is 2.18. The van der Waals surface area contributed by atoms with Gasteiger partial charge < -0.3 is 10.1 Å². The van der Waals surface area contributed by atoms with Crippen molar-refractivity contribution in [1.29, 1.82) is 0 Å². The van der Waals surface area contributed by atoms with Gasteiger partial charge in [-0.25, -0.2) is 8.42 Å². The number of sulfonamides is 1. The van der Waals surface area contributed by atoms with Gasteiger partial charge >= 0.3 is 0 Å². The number of hydrogen-bond acceptors (Lipinski definition) is 4. The van der Waals surface area contributed by atoms with Gasteiger partial charge in [-0.05, 0) is 24.6 Å². The molecule has 0 aliphatic carbocycles. The first-order valence-corrected chi connectivity index (χ1v) is 9.92. The molecule has 0 aliphatic heterocycles. The summed E-state index contributed by atoms with van der Waals surface area (Å²) in [5.74, 6) is -0.733. The van der Waals surface area contributed by atoms with Gasteiger partial charge in [0.1, 0.15) is 5.75 Å². The van der Waals surface area contributed by atoms with E-state index in [0.29, 0.717) is 18.0 Å². The summed E-state index contributed by atoms with van der Waals surface area (Å²) in [6.07, 6.45) is 0. The van der Waals surface area contributed by atoms with E-state index in [-0.39, 0.29) is 11.7 Å². The molecule has 1 amide bonds. The quantitative estimate of drug-likeness (QED) is 0.742. The van der Waals surface area contributed by atoms with Crippen LogP contribution in [0.1, 0.15) is 18.1 Å². The molecule has 7 heteroatoms. The van der Waals surface area contributed by atoms with Crippen LogP contribution in [0.5, 0.6) is 5.75 Å². The highest BCUT2D eigenvalue weighted by Gasteiger charge is 2.21. The second-order valence-electron chi connectivity index (χ2n) is 6.22. The lowest BCUT2D eigenvalue weighted by atomic mass is 10.1. The Morgan fingerprint density at radius 1 is 1.15 bits per heavy atom. The molecule has 0 spiro atoms. The second kappa shape index (κ2) is 8.71. The van der Waals surface area contributed by atoms with Crippen molar-refractivity contribution in [3.63, 3.8) is 0 Å². The maximum atomic E-state index is 12.3. The van der Waals surface area contributed by atoms with Crippen molar-refractivity contribution in [1.82, 2.24) is 5.32 Å². The Kier molecular flexibility index (Phi) is 6.63. The Labute approximate surface area is 154 Å². The van der Waals surface area contributed by atoms with Gasteiger partial charge in [0, 0.05) is 12.6 Å². The lowest BCUT2D eigenvalue weighted by Gasteiger charge is -2.14. The van der Waals surface area contributed by atoms with Crippen molar-refractivity contribution in [3.8, 4) is 5.75 Å². The predicted molar refractivity (Wildman–Crippen MR) is 103 cm³/mol. The van der Waals surface area contributed by atoms with Gasteiger partial charge in [0.15, 0.2) is 0 Å². The molecular weight excluding hydrogens is 352 g/mol. The summed E-state index contributed by atoms with van der Waals surface area (Å²) in [5, 5.41) is 2.77. The molecule has 2 aromatic rings. The van der Waals surface area contributed by atoms with Crippen molar-refractivity contribution >= 4 is 21.6 Å². The average molecular weight is 376 g/mol. The summed E-state index contributed by atoms with van der Waals surface area (Å²) in [6.45, 7) is 3.95. The van der Waals surface area contributed by atoms with Gasteiger partial charge in [-0.2, -0.15) is 0 Å². The van der Waals surface area contributed by atoms with Crippen LogP contribution in [0, 0.1) is 12.8 Å². The number of methoxy groups -OCH3 is 1. The number of carbonyl (C=O) groups excluding carboxylic acids is 1. The number of aryl methyl sites for hydroxylation is 1. The summed E-state index contributed by atoms with van der Waals surface area (Å²) in [7, 11) is -2.15. The first kappa shape index (κ1) is 19.8. The van der Waals surface area contributed by atoms with Crippen LogP contribution in [0.15, 0.2) is 48.5 Å². The zero-order chi connectivity index (χ0) is 19.2. The average Bonchev–Trinajstić information content (AvgIpc) is 2.60. The van der Waals surface area contributed by atoms with Crippen LogP contribution in [-0.2, 0) is 21.4 Å². The van der Waals surface area contributed by atoms with Crippen LogP contribution < -0.4 is 14.8 Å². The van der Waals surface area contributed by atoms with E-state index in [1.54, 1.807) is 31.2 Å². The normalized spacial score (nSPS) is 12.3. The number of anilines is 1. The highest BCUT2D eigenvalue weighted by atomic mass is 32.2.